The van der Waals surface area contributed by atoms with Crippen LogP contribution >= 0.6 is 0 Å². The zero-order valence-electron chi connectivity index (χ0n) is 11.3. The highest BCUT2D eigenvalue weighted by Gasteiger charge is 2.36. The van der Waals surface area contributed by atoms with Crippen LogP contribution in [0.3, 0.4) is 0 Å². The monoisotopic (exact) mass is 266 g/mol. The molecule has 3 nitrogen and oxygen atoms in total. The Balaban J connectivity index is 2.34. The van der Waals surface area contributed by atoms with E-state index in [1.807, 2.05) is 24.3 Å². The number of ether oxygens (including phenoxy) is 1. The molecular formula is C17H14O3. The van der Waals surface area contributed by atoms with E-state index in [0.29, 0.717) is 22.6 Å². The van der Waals surface area contributed by atoms with Crippen molar-refractivity contribution in [1.82, 2.24) is 0 Å². The average molecular weight is 266 g/mol. The van der Waals surface area contributed by atoms with Gasteiger partial charge in [-0.1, -0.05) is 38.1 Å². The highest BCUT2D eigenvalue weighted by Crippen LogP contribution is 2.49. The minimum Gasteiger partial charge on any atom is -0.455 e. The topological polar surface area (TPSA) is 43.4 Å². The molecule has 0 aliphatic carbocycles. The van der Waals surface area contributed by atoms with Gasteiger partial charge in [0.2, 0.25) is 0 Å². The van der Waals surface area contributed by atoms with Crippen molar-refractivity contribution in [2.45, 2.75) is 19.3 Å². The smallest absolute Gasteiger partial charge is 0.153 e. The molecule has 2 aromatic rings. The fourth-order valence-corrected chi connectivity index (χ4v) is 2.75. The third-order valence-electron chi connectivity index (χ3n) is 3.90. The van der Waals surface area contributed by atoms with E-state index >= 15 is 0 Å². The predicted octanol–water partition coefficient (Wildman–Crippen LogP) is 3.74. The molecule has 3 heteroatoms. The summed E-state index contributed by atoms with van der Waals surface area (Å²) in [5, 5.41) is 0. The lowest BCUT2D eigenvalue weighted by molar-refractivity contribution is 0.111. The Morgan fingerprint density at radius 1 is 0.850 bits per heavy atom. The molecule has 0 saturated carbocycles. The summed E-state index contributed by atoms with van der Waals surface area (Å²) in [5.41, 5.74) is 2.60. The summed E-state index contributed by atoms with van der Waals surface area (Å²) in [6.45, 7) is 4.13. The third kappa shape index (κ3) is 1.59. The molecule has 0 spiro atoms. The Morgan fingerprint density at radius 3 is 1.70 bits per heavy atom. The number of aldehydes is 2. The van der Waals surface area contributed by atoms with Crippen LogP contribution in [0.1, 0.15) is 45.7 Å². The molecule has 0 saturated heterocycles. The number of carbonyl (C=O) groups is 2. The van der Waals surface area contributed by atoms with Gasteiger partial charge < -0.3 is 4.74 Å². The Hall–Kier alpha value is -2.42. The maximum atomic E-state index is 11.2. The summed E-state index contributed by atoms with van der Waals surface area (Å²) in [5.74, 6) is 1.10. The molecule has 0 N–H and O–H groups in total. The molecule has 1 heterocycles. The molecule has 0 amide bonds. The molecule has 1 aliphatic heterocycles. The van der Waals surface area contributed by atoms with Gasteiger partial charge in [0.1, 0.15) is 11.5 Å². The lowest BCUT2D eigenvalue weighted by Crippen LogP contribution is -2.25. The first-order valence-corrected chi connectivity index (χ1v) is 6.45. The maximum Gasteiger partial charge on any atom is 0.153 e. The molecule has 2 aromatic carbocycles. The molecule has 0 bridgehead atoms. The van der Waals surface area contributed by atoms with Crippen LogP contribution in [0.5, 0.6) is 11.5 Å². The summed E-state index contributed by atoms with van der Waals surface area (Å²) >= 11 is 0. The summed E-state index contributed by atoms with van der Waals surface area (Å²) in [6, 6.07) is 11.1. The van der Waals surface area contributed by atoms with Crippen molar-refractivity contribution in [1.29, 1.82) is 0 Å². The minimum atomic E-state index is -0.318. The van der Waals surface area contributed by atoms with Crippen molar-refractivity contribution in [3.63, 3.8) is 0 Å². The fraction of sp³-hybridized carbons (Fsp3) is 0.176. The van der Waals surface area contributed by atoms with Crippen molar-refractivity contribution in [2.24, 2.45) is 0 Å². The maximum absolute atomic E-state index is 11.2. The van der Waals surface area contributed by atoms with E-state index in [2.05, 4.69) is 13.8 Å². The predicted molar refractivity (Wildman–Crippen MR) is 75.9 cm³/mol. The van der Waals surface area contributed by atoms with Crippen LogP contribution in [0.25, 0.3) is 0 Å². The van der Waals surface area contributed by atoms with E-state index in [4.69, 9.17) is 4.74 Å². The average Bonchev–Trinajstić information content (AvgIpc) is 2.46. The van der Waals surface area contributed by atoms with Gasteiger partial charge in [-0.25, -0.2) is 0 Å². The molecule has 20 heavy (non-hydrogen) atoms. The van der Waals surface area contributed by atoms with Gasteiger partial charge >= 0.3 is 0 Å². The summed E-state index contributed by atoms with van der Waals surface area (Å²) < 4.78 is 5.89. The first-order chi connectivity index (χ1) is 9.59. The van der Waals surface area contributed by atoms with Gasteiger partial charge in [0.05, 0.1) is 11.1 Å². The Kier molecular flexibility index (Phi) is 2.71. The summed E-state index contributed by atoms with van der Waals surface area (Å²) in [6.07, 6.45) is 1.56. The first-order valence-electron chi connectivity index (χ1n) is 6.45. The minimum absolute atomic E-state index is 0.318. The lowest BCUT2D eigenvalue weighted by atomic mass is 9.74. The summed E-state index contributed by atoms with van der Waals surface area (Å²) in [4.78, 5) is 22.4. The molecule has 0 aromatic heterocycles. The van der Waals surface area contributed by atoms with Crippen LogP contribution in [0, 0.1) is 0 Å². The van der Waals surface area contributed by atoms with E-state index in [1.165, 1.54) is 0 Å². The molecule has 3 rings (SSSR count). The van der Waals surface area contributed by atoms with E-state index in [-0.39, 0.29) is 5.41 Å². The van der Waals surface area contributed by atoms with Gasteiger partial charge in [-0.15, -0.1) is 0 Å². The number of fused-ring (bicyclic) bond motifs is 2. The molecule has 0 fully saturated rings. The lowest BCUT2D eigenvalue weighted by Gasteiger charge is -2.35. The van der Waals surface area contributed by atoms with Crippen molar-refractivity contribution >= 4 is 12.6 Å². The van der Waals surface area contributed by atoms with Crippen LogP contribution in [0.15, 0.2) is 36.4 Å². The zero-order chi connectivity index (χ0) is 14.3. The van der Waals surface area contributed by atoms with Crippen molar-refractivity contribution in [3.8, 4) is 11.5 Å². The van der Waals surface area contributed by atoms with Crippen LogP contribution < -0.4 is 4.74 Å². The van der Waals surface area contributed by atoms with Crippen LogP contribution in [-0.4, -0.2) is 12.6 Å². The first kappa shape index (κ1) is 12.6. The number of hydrogen-bond acceptors (Lipinski definition) is 3. The molecule has 0 radical (unpaired) electrons. The van der Waals surface area contributed by atoms with E-state index in [1.54, 1.807) is 12.1 Å². The Labute approximate surface area is 117 Å². The Bertz CT molecular complexity index is 655. The SMILES string of the molecule is CC1(C)c2cccc(C=O)c2Oc2c(C=O)cccc21. The zero-order valence-corrected chi connectivity index (χ0v) is 11.3. The standard InChI is InChI=1S/C17H14O3/c1-17(2)13-7-3-5-11(9-18)15(13)20-16-12(10-19)6-4-8-14(16)17/h3-10H,1-2H3. The van der Waals surface area contributed by atoms with Gasteiger partial charge in [0.25, 0.3) is 0 Å². The second-order valence-corrected chi connectivity index (χ2v) is 5.41. The Morgan fingerprint density at radius 2 is 1.30 bits per heavy atom. The third-order valence-corrected chi connectivity index (χ3v) is 3.90. The van der Waals surface area contributed by atoms with E-state index in [0.717, 1.165) is 23.7 Å². The van der Waals surface area contributed by atoms with Gasteiger partial charge in [0.15, 0.2) is 12.6 Å². The van der Waals surface area contributed by atoms with Gasteiger partial charge in [0, 0.05) is 16.5 Å². The van der Waals surface area contributed by atoms with Crippen LogP contribution in [-0.2, 0) is 5.41 Å². The largest absolute Gasteiger partial charge is 0.455 e. The van der Waals surface area contributed by atoms with Crippen molar-refractivity contribution < 1.29 is 14.3 Å². The van der Waals surface area contributed by atoms with Crippen LogP contribution in [0.2, 0.25) is 0 Å². The van der Waals surface area contributed by atoms with Crippen molar-refractivity contribution in [3.05, 3.63) is 58.7 Å². The van der Waals surface area contributed by atoms with Gasteiger partial charge in [-0.05, 0) is 12.1 Å². The molecule has 0 atom stereocenters. The summed E-state index contributed by atoms with van der Waals surface area (Å²) in [7, 11) is 0. The number of carbonyl (C=O) groups excluding carboxylic acids is 2. The van der Waals surface area contributed by atoms with Gasteiger partial charge in [-0.3, -0.25) is 9.59 Å². The van der Waals surface area contributed by atoms with Gasteiger partial charge in [-0.2, -0.15) is 0 Å². The number of para-hydroxylation sites is 2. The molecule has 0 unspecified atom stereocenters. The quantitative estimate of drug-likeness (QED) is 0.778. The molecule has 1 aliphatic rings. The van der Waals surface area contributed by atoms with E-state index in [9.17, 15) is 9.59 Å². The van der Waals surface area contributed by atoms with Crippen molar-refractivity contribution in [2.75, 3.05) is 0 Å². The number of benzene rings is 2. The van der Waals surface area contributed by atoms with Crippen LogP contribution in [0.4, 0.5) is 0 Å². The molecular weight excluding hydrogens is 252 g/mol. The van der Waals surface area contributed by atoms with E-state index < -0.39 is 0 Å². The fourth-order valence-electron chi connectivity index (χ4n) is 2.75. The highest BCUT2D eigenvalue weighted by atomic mass is 16.5. The number of rotatable bonds is 2. The second-order valence-electron chi connectivity index (χ2n) is 5.41. The second kappa shape index (κ2) is 4.30. The number of hydrogen-bond donors (Lipinski definition) is 0. The normalized spacial score (nSPS) is 14.7. The highest BCUT2D eigenvalue weighted by molar-refractivity contribution is 5.85. The molecule has 100 valence electrons.